The summed E-state index contributed by atoms with van der Waals surface area (Å²) in [6.07, 6.45) is 0. The smallest absolute Gasteiger partial charge is 0.260 e. The molecule has 0 aliphatic heterocycles. The number of benzene rings is 2. The van der Waals surface area contributed by atoms with Gasteiger partial charge in [0, 0.05) is 13.6 Å². The first-order valence-corrected chi connectivity index (χ1v) is 7.56. The summed E-state index contributed by atoms with van der Waals surface area (Å²) < 4.78 is 10.8. The Hall–Kier alpha value is -2.49. The Morgan fingerprint density at radius 3 is 2.43 bits per heavy atom. The second-order valence-corrected chi connectivity index (χ2v) is 5.66. The van der Waals surface area contributed by atoms with E-state index in [1.54, 1.807) is 19.1 Å². The number of aryl methyl sites for hydroxylation is 2. The molecule has 4 heteroatoms. The third kappa shape index (κ3) is 4.74. The summed E-state index contributed by atoms with van der Waals surface area (Å²) in [6.45, 7) is 4.56. The standard InChI is InChI=1S/C19H23NO3/c1-14-5-6-15(2)18(11-14)23-13-19(21)20(3)12-16-7-9-17(22-4)10-8-16/h5-11H,12-13H2,1-4H3. The molecule has 0 aromatic heterocycles. The van der Waals surface area contributed by atoms with Crippen molar-refractivity contribution in [3.8, 4) is 11.5 Å². The average Bonchev–Trinajstić information content (AvgIpc) is 2.56. The van der Waals surface area contributed by atoms with Crippen LogP contribution in [-0.2, 0) is 11.3 Å². The van der Waals surface area contributed by atoms with Gasteiger partial charge in [0.25, 0.3) is 5.91 Å². The van der Waals surface area contributed by atoms with E-state index in [0.717, 1.165) is 28.2 Å². The molecule has 0 saturated heterocycles. The van der Waals surface area contributed by atoms with E-state index >= 15 is 0 Å². The van der Waals surface area contributed by atoms with Gasteiger partial charge in [-0.1, -0.05) is 24.3 Å². The Bertz CT molecular complexity index is 665. The molecule has 0 radical (unpaired) electrons. The van der Waals surface area contributed by atoms with Gasteiger partial charge >= 0.3 is 0 Å². The fraction of sp³-hybridized carbons (Fsp3) is 0.316. The highest BCUT2D eigenvalue weighted by Crippen LogP contribution is 2.19. The maximum atomic E-state index is 12.2. The molecule has 0 atom stereocenters. The first-order chi connectivity index (χ1) is 11.0. The summed E-state index contributed by atoms with van der Waals surface area (Å²) in [4.78, 5) is 13.9. The van der Waals surface area contributed by atoms with Crippen molar-refractivity contribution < 1.29 is 14.3 Å². The maximum Gasteiger partial charge on any atom is 0.260 e. The van der Waals surface area contributed by atoms with Crippen molar-refractivity contribution in [2.75, 3.05) is 20.8 Å². The summed E-state index contributed by atoms with van der Waals surface area (Å²) in [5, 5.41) is 0. The van der Waals surface area contributed by atoms with Crippen LogP contribution in [-0.4, -0.2) is 31.6 Å². The van der Waals surface area contributed by atoms with Gasteiger partial charge < -0.3 is 14.4 Å². The average molecular weight is 313 g/mol. The van der Waals surface area contributed by atoms with E-state index in [0.29, 0.717) is 6.54 Å². The third-order valence-electron chi connectivity index (χ3n) is 3.70. The van der Waals surface area contributed by atoms with Gasteiger partial charge in [0.05, 0.1) is 7.11 Å². The van der Waals surface area contributed by atoms with Crippen molar-refractivity contribution in [2.24, 2.45) is 0 Å². The van der Waals surface area contributed by atoms with Gasteiger partial charge in [-0.05, 0) is 48.7 Å². The molecule has 2 aromatic rings. The van der Waals surface area contributed by atoms with Crippen molar-refractivity contribution in [3.63, 3.8) is 0 Å². The first-order valence-electron chi connectivity index (χ1n) is 7.56. The Balaban J connectivity index is 1.90. The fourth-order valence-electron chi connectivity index (χ4n) is 2.21. The predicted octanol–water partition coefficient (Wildman–Crippen LogP) is 3.35. The first kappa shape index (κ1) is 16.9. The molecule has 0 aliphatic rings. The van der Waals surface area contributed by atoms with E-state index in [1.807, 2.05) is 56.3 Å². The number of carbonyl (C=O) groups is 1. The summed E-state index contributed by atoms with van der Waals surface area (Å²) in [5.74, 6) is 1.51. The molecule has 0 spiro atoms. The van der Waals surface area contributed by atoms with Crippen molar-refractivity contribution >= 4 is 5.91 Å². The molecule has 1 amide bonds. The minimum atomic E-state index is -0.0540. The highest BCUT2D eigenvalue weighted by atomic mass is 16.5. The minimum Gasteiger partial charge on any atom is -0.497 e. The number of hydrogen-bond donors (Lipinski definition) is 0. The Morgan fingerprint density at radius 2 is 1.78 bits per heavy atom. The van der Waals surface area contributed by atoms with Crippen molar-refractivity contribution in [3.05, 3.63) is 59.2 Å². The number of rotatable bonds is 6. The molecule has 0 saturated carbocycles. The fourth-order valence-corrected chi connectivity index (χ4v) is 2.21. The number of methoxy groups -OCH3 is 1. The molecule has 2 aromatic carbocycles. The topological polar surface area (TPSA) is 38.8 Å². The van der Waals surface area contributed by atoms with Crippen LogP contribution in [0.3, 0.4) is 0 Å². The molecular weight excluding hydrogens is 290 g/mol. The molecule has 0 bridgehead atoms. The van der Waals surface area contributed by atoms with Crippen LogP contribution in [0.1, 0.15) is 16.7 Å². The third-order valence-corrected chi connectivity index (χ3v) is 3.70. The Kier molecular flexibility index (Phi) is 5.63. The molecule has 122 valence electrons. The zero-order chi connectivity index (χ0) is 16.8. The molecule has 23 heavy (non-hydrogen) atoms. The predicted molar refractivity (Wildman–Crippen MR) is 90.9 cm³/mol. The lowest BCUT2D eigenvalue weighted by molar-refractivity contribution is -0.132. The molecule has 0 heterocycles. The zero-order valence-electron chi connectivity index (χ0n) is 14.1. The summed E-state index contributed by atoms with van der Waals surface area (Å²) in [5.41, 5.74) is 3.19. The summed E-state index contributed by atoms with van der Waals surface area (Å²) in [6, 6.07) is 13.7. The van der Waals surface area contributed by atoms with Crippen molar-refractivity contribution in [2.45, 2.75) is 20.4 Å². The second kappa shape index (κ2) is 7.68. The highest BCUT2D eigenvalue weighted by Gasteiger charge is 2.11. The van der Waals surface area contributed by atoms with Crippen LogP contribution in [0.5, 0.6) is 11.5 Å². The monoisotopic (exact) mass is 313 g/mol. The molecule has 0 unspecified atom stereocenters. The van der Waals surface area contributed by atoms with Gasteiger partial charge in [-0.3, -0.25) is 4.79 Å². The Labute approximate surface area is 137 Å². The molecule has 2 rings (SSSR count). The number of carbonyl (C=O) groups excluding carboxylic acids is 1. The lowest BCUT2D eigenvalue weighted by atomic mass is 10.1. The number of amides is 1. The van der Waals surface area contributed by atoms with Gasteiger partial charge in [-0.2, -0.15) is 0 Å². The molecule has 0 fully saturated rings. The molecule has 4 nitrogen and oxygen atoms in total. The maximum absolute atomic E-state index is 12.2. The number of ether oxygens (including phenoxy) is 2. The van der Waals surface area contributed by atoms with Crippen LogP contribution in [0, 0.1) is 13.8 Å². The van der Waals surface area contributed by atoms with Gasteiger partial charge in [0.2, 0.25) is 0 Å². The van der Waals surface area contributed by atoms with Crippen LogP contribution in [0.25, 0.3) is 0 Å². The highest BCUT2D eigenvalue weighted by molar-refractivity contribution is 5.77. The number of hydrogen-bond acceptors (Lipinski definition) is 3. The normalized spacial score (nSPS) is 10.3. The van der Waals surface area contributed by atoms with E-state index in [9.17, 15) is 4.79 Å². The zero-order valence-corrected chi connectivity index (χ0v) is 14.1. The molecule has 0 N–H and O–H groups in total. The van der Waals surface area contributed by atoms with Gasteiger partial charge in [0.15, 0.2) is 6.61 Å². The quantitative estimate of drug-likeness (QED) is 0.821. The van der Waals surface area contributed by atoms with Gasteiger partial charge in [-0.25, -0.2) is 0 Å². The van der Waals surface area contributed by atoms with Crippen LogP contribution >= 0.6 is 0 Å². The molecule has 0 aliphatic carbocycles. The number of nitrogens with zero attached hydrogens (tertiary/aromatic N) is 1. The van der Waals surface area contributed by atoms with E-state index in [1.165, 1.54) is 0 Å². The van der Waals surface area contributed by atoms with Crippen LogP contribution < -0.4 is 9.47 Å². The van der Waals surface area contributed by atoms with Crippen LogP contribution in [0.4, 0.5) is 0 Å². The van der Waals surface area contributed by atoms with E-state index in [4.69, 9.17) is 9.47 Å². The van der Waals surface area contributed by atoms with E-state index in [-0.39, 0.29) is 12.5 Å². The molecular formula is C19H23NO3. The van der Waals surface area contributed by atoms with Crippen LogP contribution in [0.15, 0.2) is 42.5 Å². The van der Waals surface area contributed by atoms with Gasteiger partial charge in [0.1, 0.15) is 11.5 Å². The Morgan fingerprint density at radius 1 is 1.09 bits per heavy atom. The SMILES string of the molecule is COc1ccc(CN(C)C(=O)COc2cc(C)ccc2C)cc1. The lowest BCUT2D eigenvalue weighted by Gasteiger charge is -2.18. The minimum absolute atomic E-state index is 0.0386. The van der Waals surface area contributed by atoms with Crippen molar-refractivity contribution in [1.29, 1.82) is 0 Å². The van der Waals surface area contributed by atoms with E-state index < -0.39 is 0 Å². The van der Waals surface area contributed by atoms with Crippen LogP contribution in [0.2, 0.25) is 0 Å². The van der Waals surface area contributed by atoms with E-state index in [2.05, 4.69) is 0 Å². The summed E-state index contributed by atoms with van der Waals surface area (Å²) in [7, 11) is 3.41. The summed E-state index contributed by atoms with van der Waals surface area (Å²) >= 11 is 0. The number of likely N-dealkylation sites (N-methyl/N-ethyl adjacent to an activating group) is 1. The van der Waals surface area contributed by atoms with Crippen molar-refractivity contribution in [1.82, 2.24) is 4.90 Å². The lowest BCUT2D eigenvalue weighted by Crippen LogP contribution is -2.31. The largest absolute Gasteiger partial charge is 0.497 e. The van der Waals surface area contributed by atoms with Gasteiger partial charge in [-0.15, -0.1) is 0 Å². The second-order valence-electron chi connectivity index (χ2n) is 5.66.